The number of carboxylic acid groups (broad SMARTS) is 1. The van der Waals surface area contributed by atoms with E-state index in [1.165, 1.54) is 0 Å². The summed E-state index contributed by atoms with van der Waals surface area (Å²) in [7, 11) is 0. The van der Waals surface area contributed by atoms with Crippen LogP contribution in [0.25, 0.3) is 0 Å². The van der Waals surface area contributed by atoms with Gasteiger partial charge in [-0.2, -0.15) is 0 Å². The number of carbonyl (C=O) groups is 2. The predicted octanol–water partition coefficient (Wildman–Crippen LogP) is -2.58. The van der Waals surface area contributed by atoms with Crippen molar-refractivity contribution in [2.24, 2.45) is 0 Å². The standard InChI is InChI=1S/C19H31NO9.K/c1-17(2,3)29-16(23)20-9(14(21)22)8-10-11-12(26-18(4,5)25-11)13-15(24-10)28-19(6,7)27-13;/h9-13,15H,8H2,1-7H3,(H,20,23)(H,21,22);/q;+1/p-1/t9-,10+,11-,12-,13+,15+;/m0./s1. The van der Waals surface area contributed by atoms with E-state index in [1.54, 1.807) is 48.5 Å². The van der Waals surface area contributed by atoms with Crippen molar-refractivity contribution < 1.29 is 94.5 Å². The number of nitrogens with one attached hydrogen (secondary N) is 1. The molecule has 0 bridgehead atoms. The van der Waals surface area contributed by atoms with Gasteiger partial charge in [-0.25, -0.2) is 4.79 Å². The van der Waals surface area contributed by atoms with Crippen LogP contribution in [0.15, 0.2) is 0 Å². The van der Waals surface area contributed by atoms with Crippen molar-refractivity contribution in [3.63, 3.8) is 0 Å². The molecule has 1 amide bonds. The van der Waals surface area contributed by atoms with E-state index in [4.69, 9.17) is 28.4 Å². The maximum absolute atomic E-state index is 12.0. The topological polar surface area (TPSA) is 125 Å². The molecular formula is C19H30KNO9. The van der Waals surface area contributed by atoms with Crippen molar-refractivity contribution in [1.29, 1.82) is 0 Å². The van der Waals surface area contributed by atoms with Crippen LogP contribution in [0.3, 0.4) is 0 Å². The third-order valence-electron chi connectivity index (χ3n) is 4.69. The molecule has 3 rings (SSSR count). The van der Waals surface area contributed by atoms with Crippen molar-refractivity contribution in [1.82, 2.24) is 5.32 Å². The second-order valence-electron chi connectivity index (χ2n) is 9.46. The Labute approximate surface area is 219 Å². The molecule has 3 fully saturated rings. The Morgan fingerprint density at radius 2 is 1.53 bits per heavy atom. The normalized spacial score (nSPS) is 34.8. The monoisotopic (exact) mass is 455 g/mol. The average Bonchev–Trinajstić information content (AvgIpc) is 2.99. The molecule has 0 unspecified atom stereocenters. The van der Waals surface area contributed by atoms with Crippen LogP contribution in [0.1, 0.15) is 54.9 Å². The number of carbonyl (C=O) groups excluding carboxylic acids is 2. The molecule has 0 radical (unpaired) electrons. The number of hydrogen-bond donors (Lipinski definition) is 1. The summed E-state index contributed by atoms with van der Waals surface area (Å²) in [6.07, 6.45) is -4.10. The van der Waals surface area contributed by atoms with Crippen molar-refractivity contribution in [3.05, 3.63) is 0 Å². The van der Waals surface area contributed by atoms with Gasteiger partial charge in [-0.3, -0.25) is 0 Å². The fourth-order valence-corrected chi connectivity index (χ4v) is 3.78. The third kappa shape index (κ3) is 6.37. The average molecular weight is 456 g/mol. The largest absolute Gasteiger partial charge is 1.00 e. The van der Waals surface area contributed by atoms with Crippen LogP contribution in [0.2, 0.25) is 0 Å². The molecule has 0 spiro atoms. The van der Waals surface area contributed by atoms with E-state index in [2.05, 4.69) is 5.32 Å². The summed E-state index contributed by atoms with van der Waals surface area (Å²) in [5, 5.41) is 14.0. The minimum absolute atomic E-state index is 0. The zero-order chi connectivity index (χ0) is 21.8. The van der Waals surface area contributed by atoms with E-state index in [-0.39, 0.29) is 57.8 Å². The molecule has 0 aromatic carbocycles. The van der Waals surface area contributed by atoms with Crippen LogP contribution < -0.4 is 61.8 Å². The SMILES string of the molecule is CC(C)(C)OC(=O)N[C@@H](C[C@H]1O[C@@H]2OC(C)(C)O[C@@H]2[C@H]2OC(C)(C)O[C@H]21)C(=O)[O-].[K+]. The first kappa shape index (κ1) is 26.4. The molecule has 30 heavy (non-hydrogen) atoms. The Bertz CT molecular complexity index is 663. The van der Waals surface area contributed by atoms with Crippen molar-refractivity contribution in [2.45, 2.75) is 109 Å². The molecule has 1 N–H and O–H groups in total. The third-order valence-corrected chi connectivity index (χ3v) is 4.69. The Kier molecular flexibility index (Phi) is 8.11. The molecule has 0 aliphatic carbocycles. The maximum Gasteiger partial charge on any atom is 1.00 e. The zero-order valence-electron chi connectivity index (χ0n) is 18.8. The van der Waals surface area contributed by atoms with Crippen LogP contribution in [0.5, 0.6) is 0 Å². The van der Waals surface area contributed by atoms with Gasteiger partial charge in [-0.15, -0.1) is 0 Å². The van der Waals surface area contributed by atoms with Crippen LogP contribution in [-0.4, -0.2) is 66.0 Å². The van der Waals surface area contributed by atoms with Crippen LogP contribution >= 0.6 is 0 Å². The maximum atomic E-state index is 12.0. The van der Waals surface area contributed by atoms with Crippen molar-refractivity contribution in [3.8, 4) is 0 Å². The molecule has 3 aliphatic rings. The van der Waals surface area contributed by atoms with Gasteiger partial charge in [-0.05, 0) is 48.5 Å². The van der Waals surface area contributed by atoms with E-state index in [9.17, 15) is 14.7 Å². The minimum Gasteiger partial charge on any atom is -0.548 e. The number of ether oxygens (including phenoxy) is 6. The number of rotatable bonds is 4. The van der Waals surface area contributed by atoms with Crippen molar-refractivity contribution >= 4 is 12.1 Å². The minimum atomic E-state index is -1.46. The van der Waals surface area contributed by atoms with Gasteiger partial charge in [0, 0.05) is 6.42 Å². The molecule has 166 valence electrons. The summed E-state index contributed by atoms with van der Waals surface area (Å²) >= 11 is 0. The molecule has 10 nitrogen and oxygen atoms in total. The summed E-state index contributed by atoms with van der Waals surface area (Å²) in [6.45, 7) is 12.1. The Balaban J connectivity index is 0.00000320. The van der Waals surface area contributed by atoms with E-state index in [0.29, 0.717) is 0 Å². The number of aliphatic carboxylic acids is 1. The Morgan fingerprint density at radius 1 is 1.00 bits per heavy atom. The summed E-state index contributed by atoms with van der Waals surface area (Å²) in [6, 6.07) is -1.35. The molecule has 0 aromatic heterocycles. The number of hydrogen-bond acceptors (Lipinski definition) is 9. The van der Waals surface area contributed by atoms with Gasteiger partial charge in [0.15, 0.2) is 17.9 Å². The fraction of sp³-hybridized carbons (Fsp3) is 0.895. The molecular weight excluding hydrogens is 425 g/mol. The fourth-order valence-electron chi connectivity index (χ4n) is 3.78. The van der Waals surface area contributed by atoms with Crippen LogP contribution in [0.4, 0.5) is 4.79 Å². The first-order valence-corrected chi connectivity index (χ1v) is 9.73. The van der Waals surface area contributed by atoms with Crippen LogP contribution in [0, 0.1) is 0 Å². The van der Waals surface area contributed by atoms with Gasteiger partial charge in [0.1, 0.15) is 23.9 Å². The predicted molar refractivity (Wildman–Crippen MR) is 95.3 cm³/mol. The Hall–Kier alpha value is 0.176. The molecule has 3 heterocycles. The molecule has 3 aliphatic heterocycles. The smallest absolute Gasteiger partial charge is 0.548 e. The second-order valence-corrected chi connectivity index (χ2v) is 9.46. The molecule has 3 saturated heterocycles. The number of amides is 1. The first-order valence-electron chi connectivity index (χ1n) is 9.73. The van der Waals surface area contributed by atoms with Gasteiger partial charge in [0.2, 0.25) is 0 Å². The van der Waals surface area contributed by atoms with Gasteiger partial charge >= 0.3 is 57.5 Å². The van der Waals surface area contributed by atoms with E-state index in [1.807, 2.05) is 0 Å². The van der Waals surface area contributed by atoms with E-state index < -0.39 is 66.0 Å². The molecule has 6 atom stereocenters. The van der Waals surface area contributed by atoms with Crippen molar-refractivity contribution in [2.75, 3.05) is 0 Å². The molecule has 11 heteroatoms. The van der Waals surface area contributed by atoms with Gasteiger partial charge < -0.3 is 43.6 Å². The zero-order valence-corrected chi connectivity index (χ0v) is 22.0. The number of carboxylic acids is 1. The second kappa shape index (κ2) is 9.20. The molecule has 0 aromatic rings. The molecule has 0 saturated carbocycles. The van der Waals surface area contributed by atoms with Crippen LogP contribution in [-0.2, 0) is 33.2 Å². The van der Waals surface area contributed by atoms with Gasteiger partial charge in [-0.1, -0.05) is 0 Å². The van der Waals surface area contributed by atoms with E-state index >= 15 is 0 Å². The number of alkyl carbamates (subject to hydrolysis) is 1. The summed E-state index contributed by atoms with van der Waals surface area (Å²) < 4.78 is 34.8. The van der Waals surface area contributed by atoms with E-state index in [0.717, 1.165) is 0 Å². The first-order chi connectivity index (χ1) is 13.2. The number of fused-ring (bicyclic) bond motifs is 3. The van der Waals surface area contributed by atoms with Gasteiger partial charge in [0.25, 0.3) is 0 Å². The Morgan fingerprint density at radius 3 is 2.10 bits per heavy atom. The summed E-state index contributed by atoms with van der Waals surface area (Å²) in [5.74, 6) is -3.24. The van der Waals surface area contributed by atoms with Gasteiger partial charge in [0.05, 0.1) is 18.1 Å². The summed E-state index contributed by atoms with van der Waals surface area (Å²) in [5.41, 5.74) is -0.771. The quantitative estimate of drug-likeness (QED) is 0.455. The summed E-state index contributed by atoms with van der Waals surface area (Å²) in [4.78, 5) is 23.7.